The second-order valence-electron chi connectivity index (χ2n) is 0.529. The smallest absolute Gasteiger partial charge is 0.182 e. The molecule has 0 bridgehead atoms. The molecule has 0 atom stereocenters. The molecule has 0 aliphatic heterocycles. The molecule has 0 aromatic carbocycles. The molecule has 38 valence electrons. The number of hydrogen-bond acceptors (Lipinski definition) is 5. The van der Waals surface area contributed by atoms with Crippen molar-refractivity contribution >= 4 is 0 Å². The van der Waals surface area contributed by atoms with Crippen LogP contribution in [0.15, 0.2) is 0 Å². The van der Waals surface area contributed by atoms with E-state index in [-0.39, 0.29) is 0 Å². The van der Waals surface area contributed by atoms with Gasteiger partial charge in [0, 0.05) is 0 Å². The predicted molar refractivity (Wildman–Crippen MR) is 16.8 cm³/mol. The van der Waals surface area contributed by atoms with Gasteiger partial charge in [0.05, 0.1) is 0 Å². The van der Waals surface area contributed by atoms with E-state index in [9.17, 15) is 0 Å². The van der Waals surface area contributed by atoms with E-state index in [4.69, 9.17) is 15.4 Å². The molecular weight excluding hydrogens is 102 g/mol. The lowest BCUT2D eigenvalue weighted by atomic mass is 11.4. The van der Waals surface area contributed by atoms with Crippen LogP contribution in [0.4, 0.5) is 0 Å². The number of nitriles is 1. The highest BCUT2D eigenvalue weighted by Crippen LogP contribution is 1.60. The van der Waals surface area contributed by atoms with E-state index in [1.165, 1.54) is 11.7 Å². The van der Waals surface area contributed by atoms with Crippen LogP contribution in [0.3, 0.4) is 0 Å². The maximum Gasteiger partial charge on any atom is 0.317 e. The van der Waals surface area contributed by atoms with Crippen molar-refractivity contribution in [1.82, 2.24) is 5.48 Å². The van der Waals surface area contributed by atoms with Gasteiger partial charge in [0.15, 0.2) is 0 Å². The molecule has 1 N–H and O–H groups in total. The van der Waals surface area contributed by atoms with Crippen molar-refractivity contribution in [3.05, 3.63) is 10.1 Å². The summed E-state index contributed by atoms with van der Waals surface area (Å²) in [6.07, 6.45) is 1.19. The van der Waals surface area contributed by atoms with E-state index in [0.717, 1.165) is 0 Å². The van der Waals surface area contributed by atoms with E-state index < -0.39 is 5.09 Å². The Balaban J connectivity index is 3.02. The standard InChI is InChI=1S/CHN3O3/c2-1-3-7-4(5)6/h3H. The van der Waals surface area contributed by atoms with E-state index in [0.29, 0.717) is 0 Å². The van der Waals surface area contributed by atoms with Gasteiger partial charge in [-0.2, -0.15) is 15.7 Å². The highest BCUT2D eigenvalue weighted by molar-refractivity contribution is 4.51. The first-order chi connectivity index (χ1) is 3.27. The fourth-order valence-electron chi connectivity index (χ4n) is 0.0577. The van der Waals surface area contributed by atoms with Crippen molar-refractivity contribution in [3.8, 4) is 6.19 Å². The van der Waals surface area contributed by atoms with Gasteiger partial charge in [0.1, 0.15) is 0 Å². The first-order valence-corrected chi connectivity index (χ1v) is 1.23. The lowest BCUT2D eigenvalue weighted by molar-refractivity contribution is -0.772. The van der Waals surface area contributed by atoms with Crippen molar-refractivity contribution < 1.29 is 10.0 Å². The van der Waals surface area contributed by atoms with Gasteiger partial charge in [-0.25, -0.2) is 0 Å². The summed E-state index contributed by atoms with van der Waals surface area (Å²) < 4.78 is 0. The highest BCUT2D eigenvalue weighted by atomic mass is 17.0. The molecule has 6 nitrogen and oxygen atoms in total. The molecule has 0 saturated heterocycles. The van der Waals surface area contributed by atoms with Crippen LogP contribution in [0.25, 0.3) is 0 Å². The van der Waals surface area contributed by atoms with Gasteiger partial charge in [-0.15, -0.1) is 10.1 Å². The minimum absolute atomic E-state index is 1.12. The van der Waals surface area contributed by atoms with Crippen molar-refractivity contribution in [2.24, 2.45) is 0 Å². The van der Waals surface area contributed by atoms with Crippen LogP contribution in [-0.4, -0.2) is 5.09 Å². The predicted octanol–water partition coefficient (Wildman–Crippen LogP) is -0.820. The average Bonchev–Trinajstić information content (AvgIpc) is 1.61. The van der Waals surface area contributed by atoms with E-state index >= 15 is 0 Å². The Morgan fingerprint density at radius 1 is 2.00 bits per heavy atom. The summed E-state index contributed by atoms with van der Waals surface area (Å²) in [4.78, 5) is 12.4. The summed E-state index contributed by atoms with van der Waals surface area (Å²) in [7, 11) is 0. The minimum atomic E-state index is -1.12. The maximum absolute atomic E-state index is 9.13. The van der Waals surface area contributed by atoms with Crippen molar-refractivity contribution in [1.29, 1.82) is 5.26 Å². The zero-order valence-corrected chi connectivity index (χ0v) is 3.12. The Hall–Kier alpha value is -1.51. The summed E-state index contributed by atoms with van der Waals surface area (Å²) in [5.74, 6) is 0. The van der Waals surface area contributed by atoms with Gasteiger partial charge in [-0.1, -0.05) is 0 Å². The maximum atomic E-state index is 9.13. The van der Waals surface area contributed by atoms with Crippen LogP contribution in [0, 0.1) is 21.6 Å². The van der Waals surface area contributed by atoms with E-state index in [1.807, 2.05) is 0 Å². The molecule has 0 aromatic rings. The molecule has 0 fully saturated rings. The number of nitrogens with zero attached hydrogens (tertiary/aromatic N) is 2. The van der Waals surface area contributed by atoms with Gasteiger partial charge < -0.3 is 0 Å². The third-order valence-electron chi connectivity index (χ3n) is 0.166. The Morgan fingerprint density at radius 2 is 2.57 bits per heavy atom. The van der Waals surface area contributed by atoms with Crippen LogP contribution < -0.4 is 5.48 Å². The molecule has 0 amide bonds. The molecular formula is CHN3O3. The minimum Gasteiger partial charge on any atom is -0.182 e. The summed E-state index contributed by atoms with van der Waals surface area (Å²) in [5, 5.41) is 15.5. The first kappa shape index (κ1) is 5.49. The van der Waals surface area contributed by atoms with Gasteiger partial charge in [-0.05, 0) is 0 Å². The monoisotopic (exact) mass is 103 g/mol. The second-order valence-corrected chi connectivity index (χ2v) is 0.529. The van der Waals surface area contributed by atoms with Crippen molar-refractivity contribution in [2.75, 3.05) is 0 Å². The van der Waals surface area contributed by atoms with Crippen molar-refractivity contribution in [3.63, 3.8) is 0 Å². The lowest BCUT2D eigenvalue weighted by Crippen LogP contribution is -2.11. The second kappa shape index (κ2) is 2.71. The first-order valence-electron chi connectivity index (χ1n) is 1.23. The lowest BCUT2D eigenvalue weighted by Gasteiger charge is -1.84. The molecule has 0 aliphatic carbocycles. The SMILES string of the molecule is N#CNO[N+](=O)[O-]. The van der Waals surface area contributed by atoms with Crippen LogP contribution in [-0.2, 0) is 4.94 Å². The largest absolute Gasteiger partial charge is 0.317 e. The van der Waals surface area contributed by atoms with Gasteiger partial charge in [-0.3, -0.25) is 0 Å². The molecule has 0 spiro atoms. The molecule has 6 heteroatoms. The summed E-state index contributed by atoms with van der Waals surface area (Å²) in [6, 6.07) is 0. The zero-order valence-electron chi connectivity index (χ0n) is 3.12. The third-order valence-corrected chi connectivity index (χ3v) is 0.166. The molecule has 0 heterocycles. The molecule has 7 heavy (non-hydrogen) atoms. The summed E-state index contributed by atoms with van der Waals surface area (Å²) in [6.45, 7) is 0. The summed E-state index contributed by atoms with van der Waals surface area (Å²) >= 11 is 0. The topological polar surface area (TPSA) is 88.2 Å². The van der Waals surface area contributed by atoms with Crippen LogP contribution in [0.1, 0.15) is 0 Å². The molecule has 0 aromatic heterocycles. The van der Waals surface area contributed by atoms with Crippen LogP contribution in [0.5, 0.6) is 0 Å². The highest BCUT2D eigenvalue weighted by Gasteiger charge is 1.86. The molecule has 0 aliphatic rings. The molecule has 0 saturated carbocycles. The third kappa shape index (κ3) is 4.49. The number of rotatable bonds is 2. The van der Waals surface area contributed by atoms with Gasteiger partial charge in [0.2, 0.25) is 6.19 Å². The van der Waals surface area contributed by atoms with E-state index in [2.05, 4.69) is 4.94 Å². The Morgan fingerprint density at radius 3 is 2.71 bits per heavy atom. The number of hydrogen-bond donors (Lipinski definition) is 1. The Kier molecular flexibility index (Phi) is 2.13. The molecule has 0 radical (unpaired) electrons. The normalized spacial score (nSPS) is 6.14. The fourth-order valence-corrected chi connectivity index (χ4v) is 0.0577. The van der Waals surface area contributed by atoms with Crippen LogP contribution in [0.2, 0.25) is 0 Å². The zero-order chi connectivity index (χ0) is 5.70. The van der Waals surface area contributed by atoms with Crippen molar-refractivity contribution in [2.45, 2.75) is 0 Å². The quantitative estimate of drug-likeness (QED) is 0.213. The average molecular weight is 103 g/mol. The number of hydroxylamine groups is 1. The Labute approximate surface area is 38.4 Å². The molecule has 0 rings (SSSR count). The van der Waals surface area contributed by atoms with Gasteiger partial charge in [0.25, 0.3) is 0 Å². The van der Waals surface area contributed by atoms with Gasteiger partial charge >= 0.3 is 5.09 Å². The van der Waals surface area contributed by atoms with Crippen LogP contribution >= 0.6 is 0 Å². The summed E-state index contributed by atoms with van der Waals surface area (Å²) in [5.41, 5.74) is 1.35. The fraction of sp³-hybridized carbons (Fsp3) is 0. The van der Waals surface area contributed by atoms with E-state index in [1.54, 1.807) is 0 Å². The number of nitrogens with one attached hydrogen (secondary N) is 1. The molecule has 0 unspecified atom stereocenters. The Bertz CT molecular complexity index is 103.